The van der Waals surface area contributed by atoms with Gasteiger partial charge in [-0.05, 0) is 18.6 Å². The first-order chi connectivity index (χ1) is 10.2. The lowest BCUT2D eigenvalue weighted by molar-refractivity contribution is -0.108. The van der Waals surface area contributed by atoms with Gasteiger partial charge in [0.25, 0.3) is 0 Å². The lowest BCUT2D eigenvalue weighted by Gasteiger charge is -1.83. The van der Waals surface area contributed by atoms with Crippen molar-refractivity contribution in [1.29, 1.82) is 16.3 Å². The van der Waals surface area contributed by atoms with E-state index in [2.05, 4.69) is 5.11 Å². The number of hydrogen-bond donors (Lipinski definition) is 3. The Bertz CT molecular complexity index is 417. The molecule has 0 heterocycles. The second kappa shape index (κ2) is 25.7. The van der Waals surface area contributed by atoms with E-state index in [1.807, 2.05) is 18.2 Å². The predicted octanol–water partition coefficient (Wildman–Crippen LogP) is 2.71. The number of hydrogen-bond acceptors (Lipinski definition) is 8. The van der Waals surface area contributed by atoms with Gasteiger partial charge < -0.3 is 9.59 Å². The lowest BCUT2D eigenvalue weighted by atomic mass is 10.3. The molecule has 0 aliphatic rings. The predicted molar refractivity (Wildman–Crippen MR) is 74.1 cm³/mol. The van der Waals surface area contributed by atoms with Gasteiger partial charge in [-0.25, -0.2) is 25.9 Å². The fraction of sp³-hybridized carbons (Fsp3) is 0.231. The average Bonchev–Trinajstić information content (AvgIpc) is 2.51. The minimum Gasteiger partial charge on any atom is -0.303 e. The number of unbranched alkanes of at least 4 members (excludes halogenated alkanes) is 2. The Hall–Kier alpha value is -3.08. The van der Waals surface area contributed by atoms with Crippen molar-refractivity contribution in [3.05, 3.63) is 30.3 Å². The van der Waals surface area contributed by atoms with Gasteiger partial charge in [0.15, 0.2) is 0 Å². The quantitative estimate of drug-likeness (QED) is 0.251. The monoisotopic (exact) mass is 292 g/mol. The van der Waals surface area contributed by atoms with Crippen molar-refractivity contribution in [3.8, 4) is 0 Å². The first kappa shape index (κ1) is 23.0. The van der Waals surface area contributed by atoms with E-state index in [1.165, 1.54) is 0 Å². The molecule has 0 unspecified atom stereocenters. The normalized spacial score (nSPS) is 6.67. The van der Waals surface area contributed by atoms with E-state index in [9.17, 15) is 9.59 Å². The molecule has 0 aliphatic carbocycles. The highest BCUT2D eigenvalue weighted by atomic mass is 16.1. The standard InChI is InChI=1S/C6H6N2.C5H8O2.2CHNO/c7-8-6-4-2-1-3-5-6;6-4-2-1-3-5-7;2*2-1-3/h1-5,7H;4-5H,1-3H2;2*2H. The first-order valence-corrected chi connectivity index (χ1v) is 5.55. The summed E-state index contributed by atoms with van der Waals surface area (Å²) in [7, 11) is 0. The third-order valence-corrected chi connectivity index (χ3v) is 1.53. The minimum atomic E-state index is 0.513. The maximum atomic E-state index is 9.56. The van der Waals surface area contributed by atoms with Crippen LogP contribution < -0.4 is 0 Å². The Kier molecular flexibility index (Phi) is 28.2. The van der Waals surface area contributed by atoms with Crippen molar-refractivity contribution in [2.24, 2.45) is 5.11 Å². The highest BCUT2D eigenvalue weighted by molar-refractivity contribution is 5.52. The van der Waals surface area contributed by atoms with Crippen LogP contribution in [-0.2, 0) is 19.2 Å². The van der Waals surface area contributed by atoms with E-state index in [-0.39, 0.29) is 0 Å². The van der Waals surface area contributed by atoms with E-state index in [1.54, 1.807) is 12.1 Å². The fourth-order valence-corrected chi connectivity index (χ4v) is 0.787. The van der Waals surface area contributed by atoms with Gasteiger partial charge in [0.1, 0.15) is 12.6 Å². The molecule has 0 saturated carbocycles. The highest BCUT2D eigenvalue weighted by Crippen LogP contribution is 2.07. The first-order valence-electron chi connectivity index (χ1n) is 5.55. The zero-order valence-electron chi connectivity index (χ0n) is 11.2. The molecular weight excluding hydrogens is 276 g/mol. The minimum absolute atomic E-state index is 0.513. The molecule has 8 heteroatoms. The summed E-state index contributed by atoms with van der Waals surface area (Å²) in [6.07, 6.45) is 4.87. The molecule has 0 aliphatic heterocycles. The van der Waals surface area contributed by atoms with Gasteiger partial charge in [0, 0.05) is 12.8 Å². The van der Waals surface area contributed by atoms with Crippen molar-refractivity contribution < 1.29 is 19.2 Å². The Labute approximate surface area is 121 Å². The van der Waals surface area contributed by atoms with Crippen LogP contribution in [0.1, 0.15) is 19.3 Å². The molecule has 0 amide bonds. The summed E-state index contributed by atoms with van der Waals surface area (Å²) in [6, 6.07) is 9.18. The van der Waals surface area contributed by atoms with Gasteiger partial charge in [-0.15, -0.1) is 0 Å². The van der Waals surface area contributed by atoms with Crippen molar-refractivity contribution in [2.45, 2.75) is 19.3 Å². The number of carbonyl (C=O) groups excluding carboxylic acids is 4. The number of rotatable bonds is 5. The van der Waals surface area contributed by atoms with Gasteiger partial charge in [-0.1, -0.05) is 18.2 Å². The lowest BCUT2D eigenvalue weighted by Crippen LogP contribution is -1.76. The number of benzene rings is 1. The molecule has 8 nitrogen and oxygen atoms in total. The van der Waals surface area contributed by atoms with Crippen molar-refractivity contribution >= 4 is 30.4 Å². The number of aldehydes is 2. The molecule has 0 bridgehead atoms. The summed E-state index contributed by atoms with van der Waals surface area (Å²) in [6.45, 7) is 0. The third-order valence-electron chi connectivity index (χ3n) is 1.53. The van der Waals surface area contributed by atoms with Crippen LogP contribution in [0, 0.1) is 16.3 Å². The summed E-state index contributed by atoms with van der Waals surface area (Å²) >= 11 is 0. The summed E-state index contributed by atoms with van der Waals surface area (Å²) in [4.78, 5) is 35.8. The van der Waals surface area contributed by atoms with E-state index < -0.39 is 0 Å². The fourth-order valence-electron chi connectivity index (χ4n) is 0.787. The largest absolute Gasteiger partial charge is 0.303 e. The zero-order valence-corrected chi connectivity index (χ0v) is 11.2. The van der Waals surface area contributed by atoms with Crippen LogP contribution in [0.2, 0.25) is 0 Å². The number of nitrogens with zero attached hydrogens (tertiary/aromatic N) is 1. The maximum absolute atomic E-state index is 9.56. The van der Waals surface area contributed by atoms with Gasteiger partial charge in [-0.2, -0.15) is 5.11 Å². The molecule has 0 radical (unpaired) electrons. The molecule has 21 heavy (non-hydrogen) atoms. The molecule has 0 saturated heterocycles. The second-order valence-corrected chi connectivity index (χ2v) is 2.92. The Balaban J connectivity index is -0.000000228. The van der Waals surface area contributed by atoms with Crippen LogP contribution in [0.5, 0.6) is 0 Å². The SMILES string of the molecule is N=C=O.N=C=O.N=Nc1ccccc1.O=CCCCC=O. The maximum Gasteiger partial charge on any atom is 0.231 e. The van der Waals surface area contributed by atoms with Crippen LogP contribution in [-0.4, -0.2) is 24.7 Å². The average molecular weight is 292 g/mol. The summed E-state index contributed by atoms with van der Waals surface area (Å²) in [5, 5.41) is 14.0. The van der Waals surface area contributed by atoms with Crippen molar-refractivity contribution in [1.82, 2.24) is 0 Å². The second-order valence-electron chi connectivity index (χ2n) is 2.92. The molecule has 3 N–H and O–H groups in total. The van der Waals surface area contributed by atoms with E-state index >= 15 is 0 Å². The number of isocyanates is 2. The van der Waals surface area contributed by atoms with E-state index in [0.717, 1.165) is 24.7 Å². The molecule has 1 aromatic rings. The van der Waals surface area contributed by atoms with Crippen molar-refractivity contribution in [3.63, 3.8) is 0 Å². The molecule has 0 atom stereocenters. The molecule has 1 rings (SSSR count). The van der Waals surface area contributed by atoms with Crippen LogP contribution in [0.15, 0.2) is 35.4 Å². The summed E-state index contributed by atoms with van der Waals surface area (Å²) < 4.78 is 0. The van der Waals surface area contributed by atoms with Gasteiger partial charge >= 0.3 is 0 Å². The molecule has 0 spiro atoms. The summed E-state index contributed by atoms with van der Waals surface area (Å²) in [5.41, 5.74) is 7.27. The number of para-hydroxylation sites is 1. The molecule has 0 fully saturated rings. The Morgan fingerprint density at radius 3 is 1.57 bits per heavy atom. The van der Waals surface area contributed by atoms with Crippen LogP contribution in [0.25, 0.3) is 0 Å². The zero-order chi connectivity index (χ0) is 16.8. The van der Waals surface area contributed by atoms with Crippen LogP contribution in [0.3, 0.4) is 0 Å². The van der Waals surface area contributed by atoms with E-state index in [0.29, 0.717) is 24.9 Å². The summed E-state index contributed by atoms with van der Waals surface area (Å²) in [5.74, 6) is 0. The molecule has 0 aromatic heterocycles. The Morgan fingerprint density at radius 1 is 0.952 bits per heavy atom. The van der Waals surface area contributed by atoms with Crippen LogP contribution in [0.4, 0.5) is 5.69 Å². The smallest absolute Gasteiger partial charge is 0.231 e. The van der Waals surface area contributed by atoms with Gasteiger partial charge in [-0.3, -0.25) is 0 Å². The number of nitrogens with one attached hydrogen (secondary N) is 3. The van der Waals surface area contributed by atoms with Crippen molar-refractivity contribution in [2.75, 3.05) is 0 Å². The van der Waals surface area contributed by atoms with E-state index in [4.69, 9.17) is 25.9 Å². The van der Waals surface area contributed by atoms with Crippen LogP contribution >= 0.6 is 0 Å². The molecule has 1 aromatic carbocycles. The highest BCUT2D eigenvalue weighted by Gasteiger charge is 1.80. The Morgan fingerprint density at radius 2 is 1.33 bits per heavy atom. The topological polar surface area (TPSA) is 152 Å². The number of carbonyl (C=O) groups is 2. The van der Waals surface area contributed by atoms with Gasteiger partial charge in [0.05, 0.1) is 5.69 Å². The third kappa shape index (κ3) is 31.6. The molecular formula is C13H16N4O4. The van der Waals surface area contributed by atoms with Gasteiger partial charge in [0.2, 0.25) is 12.2 Å². The molecule has 112 valence electrons.